The van der Waals surface area contributed by atoms with Crippen LogP contribution in [-0.2, 0) is 0 Å². The summed E-state index contributed by atoms with van der Waals surface area (Å²) in [7, 11) is 0. The number of fused-ring (bicyclic) bond motifs is 1. The van der Waals surface area contributed by atoms with Gasteiger partial charge in [-0.25, -0.2) is 4.79 Å². The van der Waals surface area contributed by atoms with Gasteiger partial charge in [-0.05, 0) is 30.2 Å². The molecule has 1 heterocycles. The lowest BCUT2D eigenvalue weighted by Gasteiger charge is -2.07. The van der Waals surface area contributed by atoms with E-state index in [1.165, 1.54) is 0 Å². The van der Waals surface area contributed by atoms with Gasteiger partial charge in [0.25, 0.3) is 0 Å². The number of nitrogens with one attached hydrogen (secondary N) is 2. The van der Waals surface area contributed by atoms with Gasteiger partial charge in [-0.1, -0.05) is 13.0 Å². The Morgan fingerprint density at radius 1 is 1.36 bits per heavy atom. The largest absolute Gasteiger partial charge is 0.330 e. The standard InChI is InChI=1S/C10H13N3O/c1-6(5-11)7-2-3-8-9(4-7)13-10(14)12-8/h2-4,6H,5,11H2,1H3,(H2,12,13,14). The first-order valence-electron chi connectivity index (χ1n) is 4.62. The van der Waals surface area contributed by atoms with E-state index in [-0.39, 0.29) is 5.69 Å². The highest BCUT2D eigenvalue weighted by atomic mass is 16.1. The van der Waals surface area contributed by atoms with Crippen molar-refractivity contribution >= 4 is 11.0 Å². The van der Waals surface area contributed by atoms with Crippen LogP contribution < -0.4 is 11.4 Å². The Balaban J connectivity index is 2.55. The van der Waals surface area contributed by atoms with Gasteiger partial charge < -0.3 is 15.7 Å². The summed E-state index contributed by atoms with van der Waals surface area (Å²) in [5.41, 5.74) is 8.23. The van der Waals surface area contributed by atoms with Crippen molar-refractivity contribution in [2.75, 3.05) is 6.54 Å². The molecule has 2 aromatic rings. The van der Waals surface area contributed by atoms with E-state index in [4.69, 9.17) is 5.73 Å². The first-order chi connectivity index (χ1) is 6.70. The summed E-state index contributed by atoms with van der Waals surface area (Å²) in [6, 6.07) is 5.85. The minimum absolute atomic E-state index is 0.169. The Morgan fingerprint density at radius 3 is 2.79 bits per heavy atom. The monoisotopic (exact) mass is 191 g/mol. The highest BCUT2D eigenvalue weighted by molar-refractivity contribution is 5.75. The molecular weight excluding hydrogens is 178 g/mol. The van der Waals surface area contributed by atoms with Gasteiger partial charge in [0, 0.05) is 0 Å². The first-order valence-corrected chi connectivity index (χ1v) is 4.62. The van der Waals surface area contributed by atoms with Crippen molar-refractivity contribution in [3.63, 3.8) is 0 Å². The Hall–Kier alpha value is -1.55. The number of hydrogen-bond donors (Lipinski definition) is 3. The highest BCUT2D eigenvalue weighted by Gasteiger charge is 2.05. The third kappa shape index (κ3) is 1.44. The van der Waals surface area contributed by atoms with Gasteiger partial charge in [0.2, 0.25) is 0 Å². The minimum atomic E-state index is -0.169. The van der Waals surface area contributed by atoms with Gasteiger partial charge in [0.05, 0.1) is 11.0 Å². The summed E-state index contributed by atoms with van der Waals surface area (Å²) in [6.07, 6.45) is 0. The molecule has 1 aromatic heterocycles. The average Bonchev–Trinajstić information content (AvgIpc) is 2.55. The molecule has 14 heavy (non-hydrogen) atoms. The predicted octanol–water partition coefficient (Wildman–Crippen LogP) is 0.918. The molecule has 0 radical (unpaired) electrons. The minimum Gasteiger partial charge on any atom is -0.330 e. The van der Waals surface area contributed by atoms with Crippen LogP contribution in [0.4, 0.5) is 0 Å². The quantitative estimate of drug-likeness (QED) is 0.660. The maximum Gasteiger partial charge on any atom is 0.323 e. The lowest BCUT2D eigenvalue weighted by atomic mass is 10.0. The normalized spacial score (nSPS) is 13.3. The van der Waals surface area contributed by atoms with Crippen molar-refractivity contribution in [3.8, 4) is 0 Å². The first kappa shape index (κ1) is 9.02. The van der Waals surface area contributed by atoms with Crippen molar-refractivity contribution in [2.45, 2.75) is 12.8 Å². The third-order valence-corrected chi connectivity index (χ3v) is 2.46. The van der Waals surface area contributed by atoms with E-state index < -0.39 is 0 Å². The van der Waals surface area contributed by atoms with E-state index >= 15 is 0 Å². The maximum absolute atomic E-state index is 11.0. The van der Waals surface area contributed by atoms with Crippen LogP contribution in [0.15, 0.2) is 23.0 Å². The predicted molar refractivity (Wildman–Crippen MR) is 56.4 cm³/mol. The molecule has 0 aliphatic rings. The molecule has 0 aliphatic carbocycles. The van der Waals surface area contributed by atoms with Crippen LogP contribution in [0.3, 0.4) is 0 Å². The van der Waals surface area contributed by atoms with E-state index in [2.05, 4.69) is 16.9 Å². The van der Waals surface area contributed by atoms with Crippen LogP contribution in [0.5, 0.6) is 0 Å². The van der Waals surface area contributed by atoms with E-state index in [0.29, 0.717) is 12.5 Å². The molecule has 2 rings (SSSR count). The Labute approximate surface area is 81.1 Å². The van der Waals surface area contributed by atoms with Gasteiger partial charge in [-0.15, -0.1) is 0 Å². The van der Waals surface area contributed by atoms with Crippen molar-refractivity contribution in [2.24, 2.45) is 5.73 Å². The van der Waals surface area contributed by atoms with E-state index in [0.717, 1.165) is 16.6 Å². The number of benzene rings is 1. The smallest absolute Gasteiger partial charge is 0.323 e. The van der Waals surface area contributed by atoms with Crippen LogP contribution in [0.2, 0.25) is 0 Å². The van der Waals surface area contributed by atoms with Gasteiger partial charge in [0.1, 0.15) is 0 Å². The second kappa shape index (κ2) is 3.31. The molecule has 0 saturated heterocycles. The number of H-pyrrole nitrogens is 2. The van der Waals surface area contributed by atoms with Gasteiger partial charge >= 0.3 is 5.69 Å². The van der Waals surface area contributed by atoms with Crippen molar-refractivity contribution in [1.29, 1.82) is 0 Å². The molecule has 0 amide bonds. The number of nitrogens with two attached hydrogens (primary N) is 1. The number of imidazole rings is 1. The lowest BCUT2D eigenvalue weighted by molar-refractivity contribution is 0.775. The van der Waals surface area contributed by atoms with E-state index in [1.54, 1.807) is 0 Å². The molecule has 4 N–H and O–H groups in total. The zero-order valence-electron chi connectivity index (χ0n) is 8.00. The molecule has 0 saturated carbocycles. The summed E-state index contributed by atoms with van der Waals surface area (Å²) < 4.78 is 0. The van der Waals surface area contributed by atoms with Crippen molar-refractivity contribution in [1.82, 2.24) is 9.97 Å². The molecule has 0 fully saturated rings. The zero-order chi connectivity index (χ0) is 10.1. The topological polar surface area (TPSA) is 74.7 Å². The summed E-state index contributed by atoms with van der Waals surface area (Å²) in [4.78, 5) is 16.4. The van der Waals surface area contributed by atoms with E-state index in [9.17, 15) is 4.79 Å². The Morgan fingerprint density at radius 2 is 2.07 bits per heavy atom. The molecule has 0 spiro atoms. The molecule has 4 nitrogen and oxygen atoms in total. The fraction of sp³-hybridized carbons (Fsp3) is 0.300. The van der Waals surface area contributed by atoms with Crippen molar-refractivity contribution in [3.05, 3.63) is 34.2 Å². The molecule has 1 unspecified atom stereocenters. The summed E-state index contributed by atoms with van der Waals surface area (Å²) in [5.74, 6) is 0.317. The second-order valence-electron chi connectivity index (χ2n) is 3.52. The Bertz CT molecular complexity index is 497. The molecule has 0 bridgehead atoms. The second-order valence-corrected chi connectivity index (χ2v) is 3.52. The summed E-state index contributed by atoms with van der Waals surface area (Å²) >= 11 is 0. The fourth-order valence-corrected chi connectivity index (χ4v) is 1.49. The lowest BCUT2D eigenvalue weighted by Crippen LogP contribution is -2.08. The fourth-order valence-electron chi connectivity index (χ4n) is 1.49. The van der Waals surface area contributed by atoms with Crippen LogP contribution in [0, 0.1) is 0 Å². The van der Waals surface area contributed by atoms with Gasteiger partial charge in [0.15, 0.2) is 0 Å². The highest BCUT2D eigenvalue weighted by Crippen LogP contribution is 2.17. The summed E-state index contributed by atoms with van der Waals surface area (Å²) in [6.45, 7) is 2.67. The average molecular weight is 191 g/mol. The van der Waals surface area contributed by atoms with Gasteiger partial charge in [-0.2, -0.15) is 0 Å². The van der Waals surface area contributed by atoms with Crippen molar-refractivity contribution < 1.29 is 0 Å². The molecule has 1 aromatic carbocycles. The number of aromatic nitrogens is 2. The number of rotatable bonds is 2. The number of hydrogen-bond acceptors (Lipinski definition) is 2. The van der Waals surface area contributed by atoms with Crippen LogP contribution in [0.1, 0.15) is 18.4 Å². The molecule has 4 heteroatoms. The SMILES string of the molecule is CC(CN)c1ccc2[nH]c(=O)[nH]c2c1. The van der Waals surface area contributed by atoms with Crippen LogP contribution >= 0.6 is 0 Å². The maximum atomic E-state index is 11.0. The van der Waals surface area contributed by atoms with E-state index in [1.807, 2.05) is 18.2 Å². The zero-order valence-corrected chi connectivity index (χ0v) is 8.00. The molecular formula is C10H13N3O. The molecule has 0 aliphatic heterocycles. The number of aromatic amines is 2. The molecule has 74 valence electrons. The van der Waals surface area contributed by atoms with Crippen LogP contribution in [-0.4, -0.2) is 16.5 Å². The third-order valence-electron chi connectivity index (χ3n) is 2.46. The van der Waals surface area contributed by atoms with Crippen LogP contribution in [0.25, 0.3) is 11.0 Å². The summed E-state index contributed by atoms with van der Waals surface area (Å²) in [5, 5.41) is 0. The Kier molecular flexibility index (Phi) is 2.13. The van der Waals surface area contributed by atoms with Gasteiger partial charge in [-0.3, -0.25) is 0 Å². The molecule has 1 atom stereocenters.